The molecule has 2 aromatic heterocycles. The zero-order chi connectivity index (χ0) is 14.1. The van der Waals surface area contributed by atoms with Crippen LogP contribution in [-0.2, 0) is 6.42 Å². The molecule has 0 atom stereocenters. The number of nitrogens with two attached hydrogens (primary N) is 1. The summed E-state index contributed by atoms with van der Waals surface area (Å²) in [5.41, 5.74) is 2.60. The number of hydrogen-bond donors (Lipinski definition) is 2. The van der Waals surface area contributed by atoms with E-state index in [2.05, 4.69) is 40.2 Å². The first-order chi connectivity index (χ1) is 9.76. The fourth-order valence-electron chi connectivity index (χ4n) is 2.50. The number of aromatic nitrogens is 2. The van der Waals surface area contributed by atoms with Gasteiger partial charge in [-0.2, -0.15) is 4.98 Å². The van der Waals surface area contributed by atoms with Crippen molar-refractivity contribution in [2.24, 2.45) is 5.84 Å². The van der Waals surface area contributed by atoms with Crippen molar-refractivity contribution in [3.05, 3.63) is 10.9 Å². The number of nitrogen functional groups attached to an aromatic ring is 1. The lowest BCUT2D eigenvalue weighted by molar-refractivity contribution is 0.753. The third-order valence-corrected chi connectivity index (χ3v) is 4.80. The normalized spacial score (nSPS) is 14.8. The van der Waals surface area contributed by atoms with Gasteiger partial charge < -0.3 is 4.90 Å². The van der Waals surface area contributed by atoms with Gasteiger partial charge in [-0.05, 0) is 31.7 Å². The van der Waals surface area contributed by atoms with E-state index in [4.69, 9.17) is 5.84 Å². The molecule has 1 saturated carbocycles. The maximum Gasteiger partial charge on any atom is 0.240 e. The molecule has 2 aromatic rings. The lowest BCUT2D eigenvalue weighted by Gasteiger charge is -2.23. The Morgan fingerprint density at radius 2 is 2.20 bits per heavy atom. The zero-order valence-corrected chi connectivity index (χ0v) is 12.8. The molecule has 5 nitrogen and oxygen atoms in total. The fraction of sp³-hybridized carbons (Fsp3) is 0.571. The van der Waals surface area contributed by atoms with E-state index in [1.165, 1.54) is 23.1 Å². The first-order valence-electron chi connectivity index (χ1n) is 7.30. The zero-order valence-electron chi connectivity index (χ0n) is 12.0. The molecule has 3 rings (SSSR count). The molecular weight excluding hydrogens is 270 g/mol. The van der Waals surface area contributed by atoms with E-state index in [1.807, 2.05) is 0 Å². The molecule has 0 unspecified atom stereocenters. The minimum atomic E-state index is 0.513. The Hall–Kier alpha value is -1.40. The number of thiophene rings is 1. The Kier molecular flexibility index (Phi) is 3.76. The number of aryl methyl sites for hydroxylation is 1. The predicted octanol–water partition coefficient (Wildman–Crippen LogP) is 2.92. The average Bonchev–Trinajstić information content (AvgIpc) is 3.22. The summed E-state index contributed by atoms with van der Waals surface area (Å²) in [7, 11) is 0. The highest BCUT2D eigenvalue weighted by molar-refractivity contribution is 7.18. The van der Waals surface area contributed by atoms with Gasteiger partial charge in [-0.3, -0.25) is 5.43 Å². The van der Waals surface area contributed by atoms with E-state index in [1.54, 1.807) is 11.3 Å². The van der Waals surface area contributed by atoms with E-state index < -0.39 is 0 Å². The third kappa shape index (κ3) is 2.45. The second kappa shape index (κ2) is 5.54. The van der Waals surface area contributed by atoms with Gasteiger partial charge in [0.05, 0.1) is 5.39 Å². The molecule has 0 spiro atoms. The van der Waals surface area contributed by atoms with Gasteiger partial charge in [-0.15, -0.1) is 11.3 Å². The molecule has 0 aliphatic heterocycles. The van der Waals surface area contributed by atoms with Crippen molar-refractivity contribution >= 4 is 33.3 Å². The number of nitrogens with zero attached hydrogens (tertiary/aromatic N) is 3. The topological polar surface area (TPSA) is 67.1 Å². The number of hydrogen-bond acceptors (Lipinski definition) is 6. The predicted molar refractivity (Wildman–Crippen MR) is 85.3 cm³/mol. The largest absolute Gasteiger partial charge is 0.353 e. The van der Waals surface area contributed by atoms with Crippen molar-refractivity contribution in [2.75, 3.05) is 16.9 Å². The molecule has 0 saturated heterocycles. The number of nitrogens with one attached hydrogen (secondary N) is 1. The monoisotopic (exact) mass is 291 g/mol. The van der Waals surface area contributed by atoms with Crippen LogP contribution in [0.5, 0.6) is 0 Å². The lowest BCUT2D eigenvalue weighted by Crippen LogP contribution is -2.28. The van der Waals surface area contributed by atoms with Crippen LogP contribution in [0.2, 0.25) is 0 Å². The number of hydrazine groups is 1. The second-order valence-corrected chi connectivity index (χ2v) is 6.34. The summed E-state index contributed by atoms with van der Waals surface area (Å²) >= 11 is 1.74. The van der Waals surface area contributed by atoms with Crippen LogP contribution < -0.4 is 16.2 Å². The summed E-state index contributed by atoms with van der Waals surface area (Å²) in [6.07, 6.45) is 4.69. The van der Waals surface area contributed by atoms with Crippen molar-refractivity contribution < 1.29 is 0 Å². The molecule has 3 N–H and O–H groups in total. The lowest BCUT2D eigenvalue weighted by atomic mass is 10.2. The van der Waals surface area contributed by atoms with Crippen molar-refractivity contribution in [1.82, 2.24) is 9.97 Å². The highest BCUT2D eigenvalue weighted by atomic mass is 32.1. The van der Waals surface area contributed by atoms with Gasteiger partial charge in [-0.1, -0.05) is 13.8 Å². The Bertz CT molecular complexity index is 605. The van der Waals surface area contributed by atoms with Crippen LogP contribution in [0.1, 0.15) is 38.0 Å². The average molecular weight is 291 g/mol. The minimum Gasteiger partial charge on any atom is -0.353 e. The molecule has 0 radical (unpaired) electrons. The summed E-state index contributed by atoms with van der Waals surface area (Å²) in [5, 5.41) is 1.17. The molecule has 6 heteroatoms. The molecule has 0 bridgehead atoms. The highest BCUT2D eigenvalue weighted by Gasteiger charge is 2.31. The Labute approximate surface area is 123 Å². The summed E-state index contributed by atoms with van der Waals surface area (Å²) in [5.74, 6) is 7.08. The van der Waals surface area contributed by atoms with Gasteiger partial charge in [0, 0.05) is 17.5 Å². The Morgan fingerprint density at radius 1 is 1.40 bits per heavy atom. The second-order valence-electron chi connectivity index (χ2n) is 5.22. The molecule has 0 amide bonds. The van der Waals surface area contributed by atoms with E-state index in [0.29, 0.717) is 12.0 Å². The molecular formula is C14H21N5S. The van der Waals surface area contributed by atoms with Gasteiger partial charge in [0.1, 0.15) is 10.6 Å². The third-order valence-electron chi connectivity index (χ3n) is 3.63. The number of fused-ring (bicyclic) bond motifs is 1. The summed E-state index contributed by atoms with van der Waals surface area (Å²) in [6.45, 7) is 5.42. The first kappa shape index (κ1) is 13.6. The molecule has 1 aliphatic carbocycles. The van der Waals surface area contributed by atoms with Gasteiger partial charge in [0.15, 0.2) is 0 Å². The van der Waals surface area contributed by atoms with Crippen LogP contribution in [0.3, 0.4) is 0 Å². The van der Waals surface area contributed by atoms with Gasteiger partial charge in [0.25, 0.3) is 0 Å². The Balaban J connectivity index is 2.12. The standard InChI is InChI=1S/C14H21N5S/c1-3-7-19(9-5-6-9)12-11-8-10(4-2)20-13(11)17-14(16-12)18-15/h8-9H,3-7,15H2,1-2H3,(H,16,17,18). The van der Waals surface area contributed by atoms with E-state index in [-0.39, 0.29) is 0 Å². The molecule has 0 aromatic carbocycles. The van der Waals surface area contributed by atoms with Crippen molar-refractivity contribution in [2.45, 2.75) is 45.6 Å². The van der Waals surface area contributed by atoms with Gasteiger partial charge >= 0.3 is 0 Å². The van der Waals surface area contributed by atoms with Crippen LogP contribution in [0.15, 0.2) is 6.07 Å². The van der Waals surface area contributed by atoms with Crippen molar-refractivity contribution in [3.63, 3.8) is 0 Å². The first-order valence-corrected chi connectivity index (χ1v) is 8.12. The quantitative estimate of drug-likeness (QED) is 0.633. The van der Waals surface area contributed by atoms with Crippen LogP contribution >= 0.6 is 11.3 Å². The maximum atomic E-state index is 5.53. The fourth-order valence-corrected chi connectivity index (χ4v) is 3.46. The van der Waals surface area contributed by atoms with Gasteiger partial charge in [-0.25, -0.2) is 10.8 Å². The molecule has 1 fully saturated rings. The summed E-state index contributed by atoms with van der Waals surface area (Å²) in [4.78, 5) is 13.9. The molecule has 1 aliphatic rings. The number of rotatable bonds is 6. The highest BCUT2D eigenvalue weighted by Crippen LogP contribution is 2.37. The minimum absolute atomic E-state index is 0.513. The van der Waals surface area contributed by atoms with Crippen LogP contribution in [0.4, 0.5) is 11.8 Å². The Morgan fingerprint density at radius 3 is 2.80 bits per heavy atom. The van der Waals surface area contributed by atoms with E-state index >= 15 is 0 Å². The van der Waals surface area contributed by atoms with E-state index in [9.17, 15) is 0 Å². The van der Waals surface area contributed by atoms with Crippen molar-refractivity contribution in [3.8, 4) is 0 Å². The van der Waals surface area contributed by atoms with Crippen LogP contribution in [-0.4, -0.2) is 22.6 Å². The summed E-state index contributed by atoms with van der Waals surface area (Å²) < 4.78 is 0. The molecule has 20 heavy (non-hydrogen) atoms. The molecule has 2 heterocycles. The van der Waals surface area contributed by atoms with E-state index in [0.717, 1.165) is 30.0 Å². The number of anilines is 2. The van der Waals surface area contributed by atoms with Crippen LogP contribution in [0, 0.1) is 0 Å². The SMILES string of the molecule is CCCN(c1nc(NN)nc2sc(CC)cc12)C1CC1. The van der Waals surface area contributed by atoms with Crippen molar-refractivity contribution in [1.29, 1.82) is 0 Å². The smallest absolute Gasteiger partial charge is 0.240 e. The summed E-state index contributed by atoms with van der Waals surface area (Å²) in [6, 6.07) is 2.88. The maximum absolute atomic E-state index is 5.53. The van der Waals surface area contributed by atoms with Gasteiger partial charge in [0.2, 0.25) is 5.95 Å². The van der Waals surface area contributed by atoms with Crippen LogP contribution in [0.25, 0.3) is 10.2 Å². The molecule has 108 valence electrons.